The number of benzene rings is 1. The van der Waals surface area contributed by atoms with Crippen molar-refractivity contribution in [2.75, 3.05) is 0 Å². The molecule has 1 aliphatic rings. The minimum atomic E-state index is -2.94. The molecule has 1 atom stereocenters. The lowest BCUT2D eigenvalue weighted by Gasteiger charge is -2.38. The van der Waals surface area contributed by atoms with Crippen LogP contribution < -0.4 is 5.73 Å². The van der Waals surface area contributed by atoms with Gasteiger partial charge >= 0.3 is 5.97 Å². The first-order chi connectivity index (χ1) is 15.4. The quantitative estimate of drug-likeness (QED) is 0.592. The van der Waals surface area contributed by atoms with Gasteiger partial charge in [-0.3, -0.25) is 9.59 Å². The summed E-state index contributed by atoms with van der Waals surface area (Å²) in [6.45, 7) is 7.53. The molecule has 8 heteroatoms. The number of aliphatic carboxylic acids is 1. The molecule has 0 saturated heterocycles. The van der Waals surface area contributed by atoms with E-state index in [9.17, 15) is 23.5 Å². The largest absolute Gasteiger partial charge is 0.481 e. The minimum Gasteiger partial charge on any atom is -0.481 e. The zero-order valence-electron chi connectivity index (χ0n) is 19.4. The Morgan fingerprint density at radius 2 is 1.64 bits per heavy atom. The van der Waals surface area contributed by atoms with Crippen molar-refractivity contribution >= 4 is 11.9 Å². The van der Waals surface area contributed by atoms with Gasteiger partial charge in [0.15, 0.2) is 5.69 Å². The van der Waals surface area contributed by atoms with E-state index >= 15 is 0 Å². The summed E-state index contributed by atoms with van der Waals surface area (Å²) in [6.07, 6.45) is 0.615. The van der Waals surface area contributed by atoms with Gasteiger partial charge in [0.25, 0.3) is 12.3 Å². The summed E-state index contributed by atoms with van der Waals surface area (Å²) in [5, 5.41) is 9.72. The number of rotatable bonds is 6. The second-order valence-corrected chi connectivity index (χ2v) is 9.97. The maximum absolute atomic E-state index is 13.2. The van der Waals surface area contributed by atoms with Gasteiger partial charge in [-0.05, 0) is 55.4 Å². The number of carbonyl (C=O) groups excluding carboxylic acids is 1. The monoisotopic (exact) mass is 459 g/mol. The van der Waals surface area contributed by atoms with E-state index in [1.165, 1.54) is 0 Å². The highest BCUT2D eigenvalue weighted by Gasteiger charge is 2.39. The van der Waals surface area contributed by atoms with Crippen LogP contribution in [0.5, 0.6) is 0 Å². The van der Waals surface area contributed by atoms with Crippen molar-refractivity contribution < 1.29 is 23.5 Å². The second-order valence-electron chi connectivity index (χ2n) is 9.97. The van der Waals surface area contributed by atoms with E-state index in [1.54, 1.807) is 6.92 Å². The Morgan fingerprint density at radius 3 is 2.09 bits per heavy atom. The van der Waals surface area contributed by atoms with Crippen molar-refractivity contribution in [1.82, 2.24) is 9.97 Å². The Labute approximate surface area is 192 Å². The molecule has 6 nitrogen and oxygen atoms in total. The Bertz CT molecular complexity index is 1020. The van der Waals surface area contributed by atoms with Crippen molar-refractivity contribution in [1.29, 1.82) is 0 Å². The molecule has 1 aromatic carbocycles. The number of aryl methyl sites for hydroxylation is 1. The normalized spacial score (nSPS) is 20.0. The number of hydrogen-bond donors (Lipinski definition) is 2. The first kappa shape index (κ1) is 24.7. The third-order valence-corrected chi connectivity index (χ3v) is 6.64. The van der Waals surface area contributed by atoms with E-state index in [2.05, 4.69) is 9.97 Å². The number of nitrogens with two attached hydrogens (primary N) is 1. The molecule has 0 spiro atoms. The number of alkyl halides is 2. The van der Waals surface area contributed by atoms with Crippen LogP contribution in [0.3, 0.4) is 0 Å². The number of nitrogens with zero attached hydrogens (tertiary/aromatic N) is 2. The summed E-state index contributed by atoms with van der Waals surface area (Å²) >= 11 is 0. The van der Waals surface area contributed by atoms with Gasteiger partial charge in [-0.15, -0.1) is 0 Å². The average molecular weight is 460 g/mol. The zero-order chi connectivity index (χ0) is 24.5. The Hall–Kier alpha value is -2.90. The molecule has 1 fully saturated rings. The number of aromatic nitrogens is 2. The number of carboxylic acids is 1. The van der Waals surface area contributed by atoms with Crippen molar-refractivity contribution in [2.24, 2.45) is 23.0 Å². The first-order valence-electron chi connectivity index (χ1n) is 11.2. The number of carboxylic acid groups (broad SMARTS) is 1. The fourth-order valence-electron chi connectivity index (χ4n) is 5.12. The number of primary amides is 1. The molecule has 1 amide bonds. The van der Waals surface area contributed by atoms with E-state index in [1.807, 2.05) is 45.0 Å². The van der Waals surface area contributed by atoms with Gasteiger partial charge in [0.1, 0.15) is 5.69 Å². The van der Waals surface area contributed by atoms with Crippen LogP contribution in [0.15, 0.2) is 24.3 Å². The van der Waals surface area contributed by atoms with Gasteiger partial charge < -0.3 is 10.8 Å². The molecule has 178 valence electrons. The van der Waals surface area contributed by atoms with E-state index < -0.39 is 29.7 Å². The van der Waals surface area contributed by atoms with Crippen LogP contribution in [0, 0.1) is 24.2 Å². The molecule has 1 unspecified atom stereocenters. The van der Waals surface area contributed by atoms with Crippen molar-refractivity contribution in [3.63, 3.8) is 0 Å². The van der Waals surface area contributed by atoms with Crippen molar-refractivity contribution in [3.05, 3.63) is 46.9 Å². The smallest absolute Gasteiger partial charge is 0.307 e. The van der Waals surface area contributed by atoms with Crippen LogP contribution in [0.4, 0.5) is 8.78 Å². The van der Waals surface area contributed by atoms with Gasteiger partial charge in [-0.1, -0.05) is 45.0 Å². The SMILES string of the molecule is Cc1nc(C(F)F)c(C(N)=O)nc1-c1ccc(C2CCC(C(C(=O)O)C(C)(C)C)CC2)cc1. The summed E-state index contributed by atoms with van der Waals surface area (Å²) in [4.78, 5) is 31.4. The number of halogens is 2. The lowest BCUT2D eigenvalue weighted by atomic mass is 9.66. The highest BCUT2D eigenvalue weighted by Crippen LogP contribution is 2.44. The van der Waals surface area contributed by atoms with Gasteiger partial charge in [0.05, 0.1) is 17.3 Å². The van der Waals surface area contributed by atoms with Crippen LogP contribution in [0.2, 0.25) is 0 Å². The predicted octanol–water partition coefficient (Wildman–Crippen LogP) is 5.51. The van der Waals surface area contributed by atoms with Gasteiger partial charge in [0.2, 0.25) is 0 Å². The first-order valence-corrected chi connectivity index (χ1v) is 11.2. The molecule has 3 N–H and O–H groups in total. The minimum absolute atomic E-state index is 0.163. The van der Waals surface area contributed by atoms with Crippen LogP contribution in [0.1, 0.15) is 86.2 Å². The molecule has 3 rings (SSSR count). The lowest BCUT2D eigenvalue weighted by molar-refractivity contribution is -0.149. The fraction of sp³-hybridized carbons (Fsp3) is 0.520. The molecule has 0 radical (unpaired) electrons. The molecule has 1 aliphatic carbocycles. The van der Waals surface area contributed by atoms with E-state index in [0.717, 1.165) is 31.2 Å². The molecule has 0 bridgehead atoms. The van der Waals surface area contributed by atoms with Crippen molar-refractivity contribution in [3.8, 4) is 11.3 Å². The molecule has 1 saturated carbocycles. The van der Waals surface area contributed by atoms with E-state index in [4.69, 9.17) is 5.73 Å². The van der Waals surface area contributed by atoms with Gasteiger partial charge in [-0.2, -0.15) is 0 Å². The summed E-state index contributed by atoms with van der Waals surface area (Å²) in [5.41, 5.74) is 6.19. The van der Waals surface area contributed by atoms with Crippen LogP contribution in [-0.2, 0) is 4.79 Å². The van der Waals surface area contributed by atoms with Crippen molar-refractivity contribution in [2.45, 2.75) is 65.7 Å². The van der Waals surface area contributed by atoms with Gasteiger partial charge in [0, 0.05) is 5.56 Å². The zero-order valence-corrected chi connectivity index (χ0v) is 19.4. The standard InChI is InChI=1S/C25H31F2N3O3/c1-13-19(30-21(23(28)31)20(29-13)22(26)27)17-11-7-15(8-12-17)14-5-9-16(10-6-14)18(24(32)33)25(2,3)4/h7-8,11-12,14,16,18,22H,5-6,9-10H2,1-4H3,(H2,28,31)(H,32,33). The number of hydrogen-bond acceptors (Lipinski definition) is 4. The summed E-state index contributed by atoms with van der Waals surface area (Å²) in [7, 11) is 0. The Kier molecular flexibility index (Phi) is 7.14. The number of carbonyl (C=O) groups is 2. The topological polar surface area (TPSA) is 106 Å². The average Bonchev–Trinajstić information content (AvgIpc) is 2.72. The van der Waals surface area contributed by atoms with Crippen LogP contribution in [-0.4, -0.2) is 27.0 Å². The Morgan fingerprint density at radius 1 is 1.06 bits per heavy atom. The third-order valence-electron chi connectivity index (χ3n) is 6.64. The third kappa shape index (κ3) is 5.37. The Balaban J connectivity index is 1.78. The molecule has 33 heavy (non-hydrogen) atoms. The molecule has 1 aromatic heterocycles. The molecule has 1 heterocycles. The molecule has 2 aromatic rings. The van der Waals surface area contributed by atoms with Gasteiger partial charge in [-0.25, -0.2) is 18.7 Å². The van der Waals surface area contributed by atoms with E-state index in [-0.39, 0.29) is 17.3 Å². The van der Waals surface area contributed by atoms with E-state index in [0.29, 0.717) is 22.9 Å². The molecular formula is C25H31F2N3O3. The van der Waals surface area contributed by atoms with Crippen LogP contribution >= 0.6 is 0 Å². The maximum Gasteiger partial charge on any atom is 0.307 e. The lowest BCUT2D eigenvalue weighted by Crippen LogP contribution is -2.36. The predicted molar refractivity (Wildman–Crippen MR) is 121 cm³/mol. The summed E-state index contributed by atoms with van der Waals surface area (Å²) in [5.74, 6) is -1.63. The maximum atomic E-state index is 13.2. The number of amides is 1. The highest BCUT2D eigenvalue weighted by molar-refractivity contribution is 5.92. The molecule has 0 aliphatic heterocycles. The second kappa shape index (κ2) is 9.53. The van der Waals surface area contributed by atoms with Crippen LogP contribution in [0.25, 0.3) is 11.3 Å². The summed E-state index contributed by atoms with van der Waals surface area (Å²) in [6, 6.07) is 7.65. The summed E-state index contributed by atoms with van der Waals surface area (Å²) < 4.78 is 26.4. The molecular weight excluding hydrogens is 428 g/mol. The highest BCUT2D eigenvalue weighted by atomic mass is 19.3. The fourth-order valence-corrected chi connectivity index (χ4v) is 5.12.